The molecule has 0 aliphatic heterocycles. The lowest BCUT2D eigenvalue weighted by atomic mass is 10.0. The topological polar surface area (TPSA) is 67.1 Å². The number of tetrazole rings is 1. The molecule has 0 aliphatic rings. The fourth-order valence-electron chi connectivity index (χ4n) is 3.55. The highest BCUT2D eigenvalue weighted by Crippen LogP contribution is 2.29. The van der Waals surface area contributed by atoms with E-state index in [-0.39, 0.29) is 11.8 Å². The maximum absolute atomic E-state index is 9.57. The minimum absolute atomic E-state index is 0.139. The van der Waals surface area contributed by atoms with Gasteiger partial charge in [0.1, 0.15) is 5.75 Å². The van der Waals surface area contributed by atoms with E-state index >= 15 is 0 Å². The van der Waals surface area contributed by atoms with Crippen molar-refractivity contribution in [2.45, 2.75) is 19.5 Å². The van der Waals surface area contributed by atoms with Gasteiger partial charge in [-0.05, 0) is 59.3 Å². The zero-order valence-corrected chi connectivity index (χ0v) is 16.5. The van der Waals surface area contributed by atoms with E-state index in [1.54, 1.807) is 12.1 Å². The highest BCUT2D eigenvalue weighted by Gasteiger charge is 2.26. The standard InChI is InChI=1S/C23H23N5O/c1-17-8-6-7-11-21(17)28-23(24-25-26-28)22(19-9-4-3-5-10-19)27(2)16-18-12-14-20(29)15-13-18/h3-15,22,29H,16H2,1-2H3/t22-/m1/s1. The molecule has 1 aromatic heterocycles. The van der Waals surface area contributed by atoms with Crippen LogP contribution in [0.5, 0.6) is 5.75 Å². The van der Waals surface area contributed by atoms with E-state index in [0.29, 0.717) is 6.54 Å². The Morgan fingerprint density at radius 1 is 0.931 bits per heavy atom. The second-order valence-electron chi connectivity index (χ2n) is 7.13. The SMILES string of the molecule is Cc1ccccc1-n1nnnc1[C@@H](c1ccccc1)N(C)Cc1ccc(O)cc1. The first kappa shape index (κ1) is 18.8. The van der Waals surface area contributed by atoms with E-state index < -0.39 is 0 Å². The number of phenols is 1. The van der Waals surface area contributed by atoms with Gasteiger partial charge in [-0.3, -0.25) is 4.90 Å². The van der Waals surface area contributed by atoms with Gasteiger partial charge in [0.25, 0.3) is 0 Å². The first-order valence-corrected chi connectivity index (χ1v) is 9.51. The van der Waals surface area contributed by atoms with E-state index in [9.17, 15) is 5.11 Å². The highest BCUT2D eigenvalue weighted by atomic mass is 16.3. The van der Waals surface area contributed by atoms with Crippen LogP contribution in [-0.2, 0) is 6.54 Å². The summed E-state index contributed by atoms with van der Waals surface area (Å²) in [5.41, 5.74) is 4.28. The fourth-order valence-corrected chi connectivity index (χ4v) is 3.55. The molecule has 0 bridgehead atoms. The Kier molecular flexibility index (Phi) is 5.35. The van der Waals surface area contributed by atoms with Crippen LogP contribution < -0.4 is 0 Å². The van der Waals surface area contributed by atoms with Crippen molar-refractivity contribution in [2.24, 2.45) is 0 Å². The molecule has 1 N–H and O–H groups in total. The van der Waals surface area contributed by atoms with Crippen LogP contribution in [0.15, 0.2) is 78.9 Å². The van der Waals surface area contributed by atoms with E-state index in [0.717, 1.165) is 28.2 Å². The molecular weight excluding hydrogens is 362 g/mol. The van der Waals surface area contributed by atoms with Gasteiger partial charge < -0.3 is 5.11 Å². The molecule has 0 fully saturated rings. The number of phenolic OH excluding ortho intramolecular Hbond substituents is 1. The van der Waals surface area contributed by atoms with Gasteiger partial charge in [0.05, 0.1) is 11.7 Å². The van der Waals surface area contributed by atoms with Gasteiger partial charge in [0, 0.05) is 6.54 Å². The second-order valence-corrected chi connectivity index (χ2v) is 7.13. The predicted octanol–water partition coefficient (Wildman–Crippen LogP) is 3.90. The average Bonchev–Trinajstić information content (AvgIpc) is 3.20. The van der Waals surface area contributed by atoms with Gasteiger partial charge in [0.15, 0.2) is 5.82 Å². The molecule has 0 radical (unpaired) electrons. The van der Waals surface area contributed by atoms with Crippen LogP contribution in [0.3, 0.4) is 0 Å². The van der Waals surface area contributed by atoms with E-state index in [1.165, 1.54) is 0 Å². The van der Waals surface area contributed by atoms with E-state index in [1.807, 2.05) is 53.2 Å². The number of benzene rings is 3. The Morgan fingerprint density at radius 3 is 2.34 bits per heavy atom. The smallest absolute Gasteiger partial charge is 0.178 e. The van der Waals surface area contributed by atoms with Gasteiger partial charge in [0.2, 0.25) is 0 Å². The van der Waals surface area contributed by atoms with Crippen molar-refractivity contribution in [1.82, 2.24) is 25.1 Å². The third kappa shape index (κ3) is 4.02. The fraction of sp³-hybridized carbons (Fsp3) is 0.174. The van der Waals surface area contributed by atoms with Gasteiger partial charge in [-0.25, -0.2) is 0 Å². The lowest BCUT2D eigenvalue weighted by molar-refractivity contribution is 0.258. The molecule has 29 heavy (non-hydrogen) atoms. The van der Waals surface area contributed by atoms with Crippen LogP contribution in [0.2, 0.25) is 0 Å². The molecule has 6 heteroatoms. The molecule has 1 heterocycles. The average molecular weight is 385 g/mol. The van der Waals surface area contributed by atoms with E-state index in [4.69, 9.17) is 0 Å². The maximum atomic E-state index is 9.57. The Bertz CT molecular complexity index is 1080. The van der Waals surface area contributed by atoms with Crippen molar-refractivity contribution < 1.29 is 5.11 Å². The number of aromatic hydroxyl groups is 1. The molecule has 4 aromatic rings. The summed E-state index contributed by atoms with van der Waals surface area (Å²) in [6, 6.07) is 25.5. The summed E-state index contributed by atoms with van der Waals surface area (Å²) in [4.78, 5) is 2.21. The maximum Gasteiger partial charge on any atom is 0.178 e. The first-order chi connectivity index (χ1) is 14.1. The minimum Gasteiger partial charge on any atom is -0.508 e. The molecule has 146 valence electrons. The van der Waals surface area contributed by atoms with Crippen molar-refractivity contribution in [3.8, 4) is 11.4 Å². The molecule has 0 unspecified atom stereocenters. The number of para-hydroxylation sites is 1. The van der Waals surface area contributed by atoms with Gasteiger partial charge in [-0.15, -0.1) is 5.10 Å². The normalized spacial score (nSPS) is 12.2. The molecular formula is C23H23N5O. The molecule has 1 atom stereocenters. The zero-order chi connectivity index (χ0) is 20.2. The van der Waals surface area contributed by atoms with Crippen LogP contribution in [0.1, 0.15) is 28.6 Å². The van der Waals surface area contributed by atoms with Crippen LogP contribution in [-0.4, -0.2) is 37.3 Å². The third-order valence-corrected chi connectivity index (χ3v) is 5.01. The van der Waals surface area contributed by atoms with Crippen LogP contribution >= 0.6 is 0 Å². The van der Waals surface area contributed by atoms with Crippen molar-refractivity contribution in [1.29, 1.82) is 0 Å². The molecule has 3 aromatic carbocycles. The van der Waals surface area contributed by atoms with Gasteiger partial charge in [-0.1, -0.05) is 60.7 Å². The Labute approximate surface area is 170 Å². The molecule has 6 nitrogen and oxygen atoms in total. The zero-order valence-electron chi connectivity index (χ0n) is 16.5. The van der Waals surface area contributed by atoms with E-state index in [2.05, 4.69) is 52.6 Å². The summed E-state index contributed by atoms with van der Waals surface area (Å²) >= 11 is 0. The Morgan fingerprint density at radius 2 is 1.62 bits per heavy atom. The Hall–Kier alpha value is -3.51. The monoisotopic (exact) mass is 385 g/mol. The van der Waals surface area contributed by atoms with Crippen molar-refractivity contribution >= 4 is 0 Å². The number of aryl methyl sites for hydroxylation is 1. The number of nitrogens with zero attached hydrogens (tertiary/aromatic N) is 5. The molecule has 0 amide bonds. The highest BCUT2D eigenvalue weighted by molar-refractivity contribution is 5.40. The predicted molar refractivity (Wildman–Crippen MR) is 112 cm³/mol. The quantitative estimate of drug-likeness (QED) is 0.545. The van der Waals surface area contributed by atoms with Crippen LogP contribution in [0, 0.1) is 6.92 Å². The summed E-state index contributed by atoms with van der Waals surface area (Å²) in [6.45, 7) is 2.74. The van der Waals surface area contributed by atoms with Crippen molar-refractivity contribution in [3.63, 3.8) is 0 Å². The molecule has 4 rings (SSSR count). The van der Waals surface area contributed by atoms with Crippen molar-refractivity contribution in [3.05, 3.63) is 101 Å². The minimum atomic E-state index is -0.139. The molecule has 0 spiro atoms. The number of hydrogen-bond donors (Lipinski definition) is 1. The largest absolute Gasteiger partial charge is 0.508 e. The number of rotatable bonds is 6. The summed E-state index contributed by atoms with van der Waals surface area (Å²) in [5, 5.41) is 22.3. The summed E-state index contributed by atoms with van der Waals surface area (Å²) in [6.07, 6.45) is 0. The van der Waals surface area contributed by atoms with Gasteiger partial charge in [-0.2, -0.15) is 4.68 Å². The lowest BCUT2D eigenvalue weighted by Crippen LogP contribution is -2.28. The molecule has 0 saturated carbocycles. The van der Waals surface area contributed by atoms with Crippen LogP contribution in [0.4, 0.5) is 0 Å². The molecule has 0 saturated heterocycles. The summed E-state index contributed by atoms with van der Waals surface area (Å²) < 4.78 is 1.82. The lowest BCUT2D eigenvalue weighted by Gasteiger charge is -2.28. The number of aromatic nitrogens is 4. The summed E-state index contributed by atoms with van der Waals surface area (Å²) in [5.74, 6) is 1.02. The van der Waals surface area contributed by atoms with Crippen LogP contribution in [0.25, 0.3) is 5.69 Å². The van der Waals surface area contributed by atoms with Crippen molar-refractivity contribution in [2.75, 3.05) is 7.05 Å². The number of hydrogen-bond acceptors (Lipinski definition) is 5. The second kappa shape index (κ2) is 8.24. The summed E-state index contributed by atoms with van der Waals surface area (Å²) in [7, 11) is 2.06. The van der Waals surface area contributed by atoms with Gasteiger partial charge >= 0.3 is 0 Å². The molecule has 0 aliphatic carbocycles. The third-order valence-electron chi connectivity index (χ3n) is 5.01. The first-order valence-electron chi connectivity index (χ1n) is 9.51. The Balaban J connectivity index is 1.76.